The molecular formula is C12H14FN5O. The molecule has 19 heavy (non-hydrogen) atoms. The molecule has 1 heterocycles. The lowest BCUT2D eigenvalue weighted by Gasteiger charge is -2.14. The van der Waals surface area contributed by atoms with Crippen LogP contribution in [0.2, 0.25) is 0 Å². The second-order valence-electron chi connectivity index (χ2n) is 3.92. The molecule has 0 saturated carbocycles. The highest BCUT2D eigenvalue weighted by atomic mass is 19.1. The van der Waals surface area contributed by atoms with Crippen LogP contribution in [-0.2, 0) is 0 Å². The summed E-state index contributed by atoms with van der Waals surface area (Å²) in [5.41, 5.74) is 6.44. The minimum atomic E-state index is -0.276. The molecule has 100 valence electrons. The highest BCUT2D eigenvalue weighted by molar-refractivity contribution is 5.36. The molecule has 0 saturated heterocycles. The number of nitrogens with zero attached hydrogens (tertiary/aromatic N) is 3. The molecule has 1 unspecified atom stereocenters. The van der Waals surface area contributed by atoms with Crippen molar-refractivity contribution in [1.29, 1.82) is 0 Å². The Balaban J connectivity index is 2.16. The van der Waals surface area contributed by atoms with Gasteiger partial charge in [-0.15, -0.1) is 0 Å². The monoisotopic (exact) mass is 263 g/mol. The van der Waals surface area contributed by atoms with E-state index in [0.717, 1.165) is 5.56 Å². The van der Waals surface area contributed by atoms with Gasteiger partial charge in [-0.3, -0.25) is 0 Å². The summed E-state index contributed by atoms with van der Waals surface area (Å²) < 4.78 is 17.7. The number of ether oxygens (including phenoxy) is 1. The van der Waals surface area contributed by atoms with E-state index in [2.05, 4.69) is 20.3 Å². The maximum absolute atomic E-state index is 12.8. The first-order valence-corrected chi connectivity index (χ1v) is 5.66. The number of benzene rings is 1. The van der Waals surface area contributed by atoms with Gasteiger partial charge in [-0.2, -0.15) is 15.0 Å². The normalized spacial score (nSPS) is 11.9. The zero-order valence-corrected chi connectivity index (χ0v) is 10.6. The van der Waals surface area contributed by atoms with Gasteiger partial charge in [0.25, 0.3) is 0 Å². The smallest absolute Gasteiger partial charge is 0.322 e. The predicted molar refractivity (Wildman–Crippen MR) is 69.2 cm³/mol. The number of aromatic nitrogens is 3. The maximum atomic E-state index is 12.8. The van der Waals surface area contributed by atoms with Crippen LogP contribution in [0.4, 0.5) is 16.3 Å². The number of methoxy groups -OCH3 is 1. The summed E-state index contributed by atoms with van der Waals surface area (Å²) in [5.74, 6) is 0.101. The fourth-order valence-corrected chi connectivity index (χ4v) is 1.56. The van der Waals surface area contributed by atoms with E-state index in [0.29, 0.717) is 5.95 Å². The van der Waals surface area contributed by atoms with Gasteiger partial charge >= 0.3 is 6.01 Å². The highest BCUT2D eigenvalue weighted by Gasteiger charge is 2.09. The van der Waals surface area contributed by atoms with Crippen molar-refractivity contribution in [3.05, 3.63) is 35.6 Å². The van der Waals surface area contributed by atoms with Crippen molar-refractivity contribution in [2.24, 2.45) is 0 Å². The van der Waals surface area contributed by atoms with Crippen molar-refractivity contribution < 1.29 is 9.13 Å². The topological polar surface area (TPSA) is 86.0 Å². The summed E-state index contributed by atoms with van der Waals surface area (Å²) in [7, 11) is 1.45. The fraction of sp³-hybridized carbons (Fsp3) is 0.250. The molecule has 7 heteroatoms. The first-order valence-electron chi connectivity index (χ1n) is 5.66. The Labute approximate surface area is 109 Å². The Hall–Kier alpha value is -2.44. The number of nitrogen functional groups attached to an aromatic ring is 1. The molecule has 0 aliphatic rings. The van der Waals surface area contributed by atoms with Crippen LogP contribution in [0, 0.1) is 5.82 Å². The summed E-state index contributed by atoms with van der Waals surface area (Å²) in [4.78, 5) is 11.8. The van der Waals surface area contributed by atoms with Crippen molar-refractivity contribution >= 4 is 11.9 Å². The largest absolute Gasteiger partial charge is 0.467 e. The third kappa shape index (κ3) is 3.27. The molecule has 1 atom stereocenters. The zero-order valence-electron chi connectivity index (χ0n) is 10.6. The molecule has 3 N–H and O–H groups in total. The molecule has 0 amide bonds. The Kier molecular flexibility index (Phi) is 3.74. The molecule has 0 radical (unpaired) electrons. The first-order chi connectivity index (χ1) is 9.08. The highest BCUT2D eigenvalue weighted by Crippen LogP contribution is 2.18. The molecule has 2 rings (SSSR count). The zero-order chi connectivity index (χ0) is 13.8. The van der Waals surface area contributed by atoms with E-state index in [4.69, 9.17) is 10.5 Å². The van der Waals surface area contributed by atoms with Gasteiger partial charge in [0, 0.05) is 0 Å². The number of halogens is 1. The van der Waals surface area contributed by atoms with E-state index in [1.165, 1.54) is 19.2 Å². The first kappa shape index (κ1) is 13.0. The number of nitrogens with one attached hydrogen (secondary N) is 1. The van der Waals surface area contributed by atoms with Crippen molar-refractivity contribution in [2.45, 2.75) is 13.0 Å². The number of anilines is 2. The van der Waals surface area contributed by atoms with Gasteiger partial charge in [-0.25, -0.2) is 4.39 Å². The van der Waals surface area contributed by atoms with Gasteiger partial charge in [0.1, 0.15) is 5.82 Å². The maximum Gasteiger partial charge on any atom is 0.322 e. The van der Waals surface area contributed by atoms with Crippen LogP contribution in [0.15, 0.2) is 24.3 Å². The number of hydrogen-bond acceptors (Lipinski definition) is 6. The summed E-state index contributed by atoms with van der Waals surface area (Å²) in [6.45, 7) is 1.90. The predicted octanol–water partition coefficient (Wildman–Crippen LogP) is 1.77. The molecule has 0 spiro atoms. The van der Waals surface area contributed by atoms with E-state index < -0.39 is 0 Å². The second kappa shape index (κ2) is 5.47. The Morgan fingerprint density at radius 3 is 2.53 bits per heavy atom. The molecule has 6 nitrogen and oxygen atoms in total. The van der Waals surface area contributed by atoms with E-state index >= 15 is 0 Å². The van der Waals surface area contributed by atoms with Crippen molar-refractivity contribution in [3.63, 3.8) is 0 Å². The van der Waals surface area contributed by atoms with E-state index in [-0.39, 0.29) is 23.8 Å². The Morgan fingerprint density at radius 2 is 1.89 bits per heavy atom. The molecule has 0 fully saturated rings. The third-order valence-electron chi connectivity index (χ3n) is 2.53. The second-order valence-corrected chi connectivity index (χ2v) is 3.92. The van der Waals surface area contributed by atoms with Crippen molar-refractivity contribution in [3.8, 4) is 6.01 Å². The molecule has 2 aromatic rings. The SMILES string of the molecule is COc1nc(N)nc(NC(C)c2ccc(F)cc2)n1. The van der Waals surface area contributed by atoms with Gasteiger partial charge in [0.05, 0.1) is 13.2 Å². The van der Waals surface area contributed by atoms with Crippen LogP contribution in [0.1, 0.15) is 18.5 Å². The summed E-state index contributed by atoms with van der Waals surface area (Å²) in [6.07, 6.45) is 0. The van der Waals surface area contributed by atoms with Crippen LogP contribution in [0.3, 0.4) is 0 Å². The quantitative estimate of drug-likeness (QED) is 0.874. The van der Waals surface area contributed by atoms with E-state index in [9.17, 15) is 4.39 Å². The third-order valence-corrected chi connectivity index (χ3v) is 2.53. The van der Waals surface area contributed by atoms with Crippen molar-refractivity contribution in [2.75, 3.05) is 18.2 Å². The van der Waals surface area contributed by atoms with E-state index in [1.807, 2.05) is 6.92 Å². The lowest BCUT2D eigenvalue weighted by molar-refractivity contribution is 0.379. The number of hydrogen-bond donors (Lipinski definition) is 2. The number of rotatable bonds is 4. The molecule has 0 aliphatic carbocycles. The fourth-order valence-electron chi connectivity index (χ4n) is 1.56. The Morgan fingerprint density at radius 1 is 1.21 bits per heavy atom. The standard InChI is InChI=1S/C12H14FN5O/c1-7(8-3-5-9(13)6-4-8)15-11-16-10(14)17-12(18-11)19-2/h3-7H,1-2H3,(H3,14,15,16,17,18). The van der Waals surface area contributed by atoms with Crippen LogP contribution in [0.25, 0.3) is 0 Å². The molecule has 1 aromatic carbocycles. The van der Waals surface area contributed by atoms with Crippen LogP contribution in [-0.4, -0.2) is 22.1 Å². The summed E-state index contributed by atoms with van der Waals surface area (Å²) in [6, 6.07) is 6.21. The Bertz CT molecular complexity index is 561. The minimum absolute atomic E-state index is 0.0701. The molecule has 1 aromatic heterocycles. The average Bonchev–Trinajstić information content (AvgIpc) is 2.38. The summed E-state index contributed by atoms with van der Waals surface area (Å²) in [5, 5.41) is 3.05. The molecule has 0 aliphatic heterocycles. The van der Waals surface area contributed by atoms with E-state index in [1.54, 1.807) is 12.1 Å². The lowest BCUT2D eigenvalue weighted by Crippen LogP contribution is -2.12. The molecule has 0 bridgehead atoms. The van der Waals surface area contributed by atoms with Crippen LogP contribution >= 0.6 is 0 Å². The van der Waals surface area contributed by atoms with Gasteiger partial charge < -0.3 is 15.8 Å². The average molecular weight is 263 g/mol. The van der Waals surface area contributed by atoms with Gasteiger partial charge in [0.15, 0.2) is 0 Å². The van der Waals surface area contributed by atoms with Crippen molar-refractivity contribution in [1.82, 2.24) is 15.0 Å². The summed E-state index contributed by atoms with van der Waals surface area (Å²) >= 11 is 0. The van der Waals surface area contributed by atoms with Crippen LogP contribution < -0.4 is 15.8 Å². The lowest BCUT2D eigenvalue weighted by atomic mass is 10.1. The molecular weight excluding hydrogens is 249 g/mol. The number of nitrogens with two attached hydrogens (primary N) is 1. The minimum Gasteiger partial charge on any atom is -0.467 e. The van der Waals surface area contributed by atoms with Crippen LogP contribution in [0.5, 0.6) is 6.01 Å². The van der Waals surface area contributed by atoms with Gasteiger partial charge in [0.2, 0.25) is 11.9 Å². The van der Waals surface area contributed by atoms with Gasteiger partial charge in [-0.1, -0.05) is 12.1 Å². The van der Waals surface area contributed by atoms with Gasteiger partial charge in [-0.05, 0) is 24.6 Å².